The maximum Gasteiger partial charge on any atom is 0.253 e. The highest BCUT2D eigenvalue weighted by molar-refractivity contribution is 4.79. The SMILES string of the molecule is CCC[n+]1ccn(CCCOC)c1C. The number of rotatable bonds is 6. The number of aryl methyl sites for hydroxylation is 2. The number of imidazole rings is 1. The molecule has 3 nitrogen and oxygen atoms in total. The van der Waals surface area contributed by atoms with Gasteiger partial charge in [0.1, 0.15) is 12.4 Å². The maximum absolute atomic E-state index is 5.04. The van der Waals surface area contributed by atoms with Gasteiger partial charge in [0.25, 0.3) is 5.82 Å². The highest BCUT2D eigenvalue weighted by Crippen LogP contribution is 1.97. The lowest BCUT2D eigenvalue weighted by Crippen LogP contribution is -2.35. The third-order valence-electron chi connectivity index (χ3n) is 2.47. The highest BCUT2D eigenvalue weighted by atomic mass is 16.5. The fourth-order valence-corrected chi connectivity index (χ4v) is 1.63. The van der Waals surface area contributed by atoms with E-state index in [1.807, 2.05) is 0 Å². The Balaban J connectivity index is 2.51. The minimum absolute atomic E-state index is 0.839. The smallest absolute Gasteiger partial charge is 0.253 e. The minimum atomic E-state index is 0.839. The molecule has 1 aromatic heterocycles. The number of ether oxygens (including phenoxy) is 1. The van der Waals surface area contributed by atoms with Gasteiger partial charge in [0, 0.05) is 27.1 Å². The van der Waals surface area contributed by atoms with Gasteiger partial charge < -0.3 is 4.74 Å². The van der Waals surface area contributed by atoms with Crippen molar-refractivity contribution < 1.29 is 9.30 Å². The van der Waals surface area contributed by atoms with Gasteiger partial charge in [-0.15, -0.1) is 0 Å². The molecule has 0 aliphatic carbocycles. The van der Waals surface area contributed by atoms with Crippen LogP contribution in [0.1, 0.15) is 25.6 Å². The van der Waals surface area contributed by atoms with Crippen molar-refractivity contribution in [3.05, 3.63) is 18.2 Å². The predicted molar refractivity (Wildman–Crippen MR) is 56.1 cm³/mol. The Morgan fingerprint density at radius 3 is 2.93 bits per heavy atom. The molecule has 1 aromatic rings. The topological polar surface area (TPSA) is 18.0 Å². The van der Waals surface area contributed by atoms with Gasteiger partial charge in [-0.05, 0) is 6.42 Å². The second-order valence-corrected chi connectivity index (χ2v) is 3.58. The van der Waals surface area contributed by atoms with Crippen LogP contribution in [0.4, 0.5) is 0 Å². The summed E-state index contributed by atoms with van der Waals surface area (Å²) in [6.45, 7) is 7.38. The fourth-order valence-electron chi connectivity index (χ4n) is 1.63. The van der Waals surface area contributed by atoms with Crippen LogP contribution in [0.5, 0.6) is 0 Å². The largest absolute Gasteiger partial charge is 0.385 e. The molecule has 0 unspecified atom stereocenters. The van der Waals surface area contributed by atoms with Gasteiger partial charge in [0.2, 0.25) is 0 Å². The minimum Gasteiger partial charge on any atom is -0.385 e. The second kappa shape index (κ2) is 5.81. The molecule has 1 rings (SSSR count). The summed E-state index contributed by atoms with van der Waals surface area (Å²) in [6, 6.07) is 0. The lowest BCUT2D eigenvalue weighted by molar-refractivity contribution is -0.702. The van der Waals surface area contributed by atoms with Gasteiger partial charge in [-0.25, -0.2) is 9.13 Å². The summed E-state index contributed by atoms with van der Waals surface area (Å²) < 4.78 is 9.62. The normalized spacial score (nSPS) is 10.8. The number of nitrogens with zero attached hydrogens (tertiary/aromatic N) is 2. The van der Waals surface area contributed by atoms with E-state index in [4.69, 9.17) is 4.74 Å². The molecule has 0 spiro atoms. The van der Waals surface area contributed by atoms with E-state index in [0.717, 1.165) is 26.1 Å². The molecule has 0 bridgehead atoms. The molecule has 0 radical (unpaired) electrons. The van der Waals surface area contributed by atoms with E-state index in [1.54, 1.807) is 7.11 Å². The van der Waals surface area contributed by atoms with Crippen molar-refractivity contribution in [2.24, 2.45) is 0 Å². The molecule has 0 aliphatic rings. The third-order valence-corrected chi connectivity index (χ3v) is 2.47. The predicted octanol–water partition coefficient (Wildman–Crippen LogP) is 1.53. The second-order valence-electron chi connectivity index (χ2n) is 3.58. The quantitative estimate of drug-likeness (QED) is 0.499. The van der Waals surface area contributed by atoms with E-state index in [9.17, 15) is 0 Å². The highest BCUT2D eigenvalue weighted by Gasteiger charge is 2.09. The first-order valence-corrected chi connectivity index (χ1v) is 5.33. The van der Waals surface area contributed by atoms with Crippen molar-refractivity contribution in [1.29, 1.82) is 0 Å². The molecule has 0 aromatic carbocycles. The molecule has 0 amide bonds. The van der Waals surface area contributed by atoms with Crippen molar-refractivity contribution >= 4 is 0 Å². The summed E-state index contributed by atoms with van der Waals surface area (Å²) in [5.41, 5.74) is 0. The average Bonchev–Trinajstić information content (AvgIpc) is 2.51. The molecular weight excluding hydrogens is 176 g/mol. The molecule has 1 heterocycles. The van der Waals surface area contributed by atoms with Crippen LogP contribution in [-0.4, -0.2) is 18.3 Å². The van der Waals surface area contributed by atoms with Crippen LogP contribution in [0, 0.1) is 6.92 Å². The summed E-state index contributed by atoms with van der Waals surface area (Å²) in [6.07, 6.45) is 6.58. The van der Waals surface area contributed by atoms with Gasteiger partial charge in [-0.2, -0.15) is 0 Å². The van der Waals surface area contributed by atoms with Crippen molar-refractivity contribution in [2.75, 3.05) is 13.7 Å². The molecule has 0 saturated heterocycles. The summed E-state index contributed by atoms with van der Waals surface area (Å²) in [4.78, 5) is 0. The van der Waals surface area contributed by atoms with E-state index >= 15 is 0 Å². The van der Waals surface area contributed by atoms with Crippen molar-refractivity contribution in [1.82, 2.24) is 4.57 Å². The Kier molecular flexibility index (Phi) is 4.66. The Bertz CT molecular complexity index is 268. The van der Waals surface area contributed by atoms with Gasteiger partial charge in [0.15, 0.2) is 0 Å². The zero-order chi connectivity index (χ0) is 10.4. The van der Waals surface area contributed by atoms with Gasteiger partial charge in [0.05, 0.1) is 13.1 Å². The van der Waals surface area contributed by atoms with E-state index in [0.29, 0.717) is 0 Å². The van der Waals surface area contributed by atoms with Crippen LogP contribution < -0.4 is 4.57 Å². The lowest BCUT2D eigenvalue weighted by atomic mass is 10.4. The Labute approximate surface area is 86.3 Å². The molecular formula is C11H21N2O+. The zero-order valence-corrected chi connectivity index (χ0v) is 9.49. The van der Waals surface area contributed by atoms with Gasteiger partial charge in [-0.1, -0.05) is 6.92 Å². The molecule has 3 heteroatoms. The van der Waals surface area contributed by atoms with Gasteiger partial charge in [-0.3, -0.25) is 0 Å². The van der Waals surface area contributed by atoms with Crippen LogP contribution in [0.2, 0.25) is 0 Å². The Hall–Kier alpha value is -0.830. The van der Waals surface area contributed by atoms with Crippen LogP contribution >= 0.6 is 0 Å². The van der Waals surface area contributed by atoms with Crippen molar-refractivity contribution in [3.8, 4) is 0 Å². The first kappa shape index (κ1) is 11.2. The van der Waals surface area contributed by atoms with Crippen LogP contribution in [0.25, 0.3) is 0 Å². The average molecular weight is 197 g/mol. The first-order valence-electron chi connectivity index (χ1n) is 5.33. The standard InChI is InChI=1S/C11H21N2O/c1-4-6-12-8-9-13(11(12)2)7-5-10-14-3/h8-9H,4-7,10H2,1-3H3/q+1. The number of aromatic nitrogens is 2. The monoisotopic (exact) mass is 197 g/mol. The summed E-state index contributed by atoms with van der Waals surface area (Å²) in [7, 11) is 1.75. The Morgan fingerprint density at radius 1 is 1.50 bits per heavy atom. The summed E-state index contributed by atoms with van der Waals surface area (Å²) in [5, 5.41) is 0. The molecule has 0 fully saturated rings. The molecule has 80 valence electrons. The molecule has 14 heavy (non-hydrogen) atoms. The zero-order valence-electron chi connectivity index (χ0n) is 9.49. The van der Waals surface area contributed by atoms with E-state index < -0.39 is 0 Å². The first-order chi connectivity index (χ1) is 6.79. The van der Waals surface area contributed by atoms with Gasteiger partial charge >= 0.3 is 0 Å². The van der Waals surface area contributed by atoms with Crippen LogP contribution in [0.15, 0.2) is 12.4 Å². The number of hydrogen-bond donors (Lipinski definition) is 0. The fraction of sp³-hybridized carbons (Fsp3) is 0.727. The lowest BCUT2D eigenvalue weighted by Gasteiger charge is -2.00. The maximum atomic E-state index is 5.04. The van der Waals surface area contributed by atoms with E-state index in [2.05, 4.69) is 35.4 Å². The Morgan fingerprint density at radius 2 is 2.29 bits per heavy atom. The van der Waals surface area contributed by atoms with Crippen LogP contribution in [0.3, 0.4) is 0 Å². The molecule has 0 atom stereocenters. The van der Waals surface area contributed by atoms with E-state index in [-0.39, 0.29) is 0 Å². The summed E-state index contributed by atoms with van der Waals surface area (Å²) in [5.74, 6) is 1.34. The van der Waals surface area contributed by atoms with Crippen molar-refractivity contribution in [2.45, 2.75) is 39.8 Å². The van der Waals surface area contributed by atoms with E-state index in [1.165, 1.54) is 12.2 Å². The number of hydrogen-bond acceptors (Lipinski definition) is 1. The molecule has 0 aliphatic heterocycles. The van der Waals surface area contributed by atoms with Crippen molar-refractivity contribution in [3.63, 3.8) is 0 Å². The third kappa shape index (κ3) is 2.84. The molecule has 0 N–H and O–H groups in total. The summed E-state index contributed by atoms with van der Waals surface area (Å²) >= 11 is 0. The molecule has 0 saturated carbocycles. The number of methoxy groups -OCH3 is 1. The van der Waals surface area contributed by atoms with Crippen LogP contribution in [-0.2, 0) is 17.8 Å².